The number of benzene rings is 1. The van der Waals surface area contributed by atoms with Crippen LogP contribution in [0.3, 0.4) is 0 Å². The monoisotopic (exact) mass is 268 g/mol. The number of hydrogen-bond donors (Lipinski definition) is 1. The highest BCUT2D eigenvalue weighted by molar-refractivity contribution is 6.30. The van der Waals surface area contributed by atoms with E-state index in [4.69, 9.17) is 11.6 Å². The van der Waals surface area contributed by atoms with Crippen molar-refractivity contribution in [3.8, 4) is 0 Å². The molecule has 0 bridgehead atoms. The molecule has 0 saturated heterocycles. The maximum absolute atomic E-state index is 13.6. The van der Waals surface area contributed by atoms with Gasteiger partial charge in [0.05, 0.1) is 18.8 Å². The summed E-state index contributed by atoms with van der Waals surface area (Å²) >= 11 is 5.69. The molecular formula is C13H14ClFN2O. The Hall–Kier alpha value is -1.39. The quantitative estimate of drug-likeness (QED) is 0.925. The van der Waals surface area contributed by atoms with E-state index in [2.05, 4.69) is 5.10 Å². The van der Waals surface area contributed by atoms with Gasteiger partial charge >= 0.3 is 0 Å². The molecule has 2 rings (SSSR count). The van der Waals surface area contributed by atoms with Crippen molar-refractivity contribution in [1.29, 1.82) is 0 Å². The van der Waals surface area contributed by atoms with Gasteiger partial charge < -0.3 is 5.11 Å². The lowest BCUT2D eigenvalue weighted by molar-refractivity contribution is 0.173. The van der Waals surface area contributed by atoms with Crippen molar-refractivity contribution in [2.24, 2.45) is 0 Å². The normalized spacial score (nSPS) is 12.7. The summed E-state index contributed by atoms with van der Waals surface area (Å²) in [6, 6.07) is 4.56. The summed E-state index contributed by atoms with van der Waals surface area (Å²) in [6.45, 7) is 2.21. The predicted octanol–water partition coefficient (Wildman–Crippen LogP) is 3.17. The Balaban J connectivity index is 2.16. The molecular weight excluding hydrogens is 255 g/mol. The number of nitrogens with zero attached hydrogens (tertiary/aromatic N) is 2. The fourth-order valence-electron chi connectivity index (χ4n) is 1.70. The van der Waals surface area contributed by atoms with Gasteiger partial charge in [0.25, 0.3) is 0 Å². The maximum atomic E-state index is 13.6. The Morgan fingerprint density at radius 1 is 1.50 bits per heavy atom. The molecule has 1 unspecified atom stereocenters. The van der Waals surface area contributed by atoms with Gasteiger partial charge in [-0.05, 0) is 18.6 Å². The van der Waals surface area contributed by atoms with Crippen molar-refractivity contribution in [3.05, 3.63) is 52.6 Å². The van der Waals surface area contributed by atoms with Crippen LogP contribution in [-0.4, -0.2) is 14.9 Å². The molecule has 5 heteroatoms. The molecule has 0 saturated carbocycles. The maximum Gasteiger partial charge on any atom is 0.129 e. The molecule has 0 amide bonds. The van der Waals surface area contributed by atoms with Gasteiger partial charge in [-0.15, -0.1) is 0 Å². The lowest BCUT2D eigenvalue weighted by Gasteiger charge is -2.05. The number of hydrogen-bond acceptors (Lipinski definition) is 2. The molecule has 1 atom stereocenters. The molecule has 0 aliphatic rings. The van der Waals surface area contributed by atoms with Crippen LogP contribution in [0.15, 0.2) is 30.6 Å². The molecule has 1 aromatic carbocycles. The number of aromatic nitrogens is 2. The Kier molecular flexibility index (Phi) is 3.99. The highest BCUT2D eigenvalue weighted by Gasteiger charge is 2.09. The fraction of sp³-hybridized carbons (Fsp3) is 0.308. The molecule has 1 aromatic heterocycles. The van der Waals surface area contributed by atoms with Gasteiger partial charge in [0.15, 0.2) is 0 Å². The van der Waals surface area contributed by atoms with Crippen LogP contribution in [0.1, 0.15) is 30.6 Å². The van der Waals surface area contributed by atoms with Crippen molar-refractivity contribution in [2.75, 3.05) is 0 Å². The van der Waals surface area contributed by atoms with Gasteiger partial charge in [-0.3, -0.25) is 4.68 Å². The minimum absolute atomic E-state index is 0.319. The minimum atomic E-state index is -0.520. The summed E-state index contributed by atoms with van der Waals surface area (Å²) in [5, 5.41) is 14.1. The second-order valence-corrected chi connectivity index (χ2v) is 4.57. The average Bonchev–Trinajstić information content (AvgIpc) is 2.80. The average molecular weight is 269 g/mol. The van der Waals surface area contributed by atoms with Crippen LogP contribution in [0.2, 0.25) is 5.02 Å². The van der Waals surface area contributed by atoms with E-state index in [0.29, 0.717) is 23.6 Å². The zero-order valence-corrected chi connectivity index (χ0v) is 10.7. The van der Waals surface area contributed by atoms with Crippen LogP contribution in [0.5, 0.6) is 0 Å². The molecule has 1 heterocycles. The van der Waals surface area contributed by atoms with Gasteiger partial charge in [0, 0.05) is 22.3 Å². The summed E-state index contributed by atoms with van der Waals surface area (Å²) in [5.74, 6) is -0.351. The molecule has 0 spiro atoms. The lowest BCUT2D eigenvalue weighted by atomic mass is 10.1. The first-order valence-electron chi connectivity index (χ1n) is 5.74. The fourth-order valence-corrected chi connectivity index (χ4v) is 1.86. The van der Waals surface area contributed by atoms with Crippen LogP contribution in [0, 0.1) is 5.82 Å². The van der Waals surface area contributed by atoms with Crippen molar-refractivity contribution >= 4 is 11.6 Å². The molecule has 1 N–H and O–H groups in total. The standard InChI is InChI=1S/C13H14ClFN2O/c1-2-13(18)10-6-16-17(8-10)7-9-3-4-11(14)5-12(9)15/h3-6,8,13,18H,2,7H2,1H3. The van der Waals surface area contributed by atoms with Gasteiger partial charge in [0.1, 0.15) is 5.82 Å². The molecule has 0 aliphatic carbocycles. The molecule has 18 heavy (non-hydrogen) atoms. The van der Waals surface area contributed by atoms with E-state index in [1.165, 1.54) is 6.07 Å². The van der Waals surface area contributed by atoms with Gasteiger partial charge in [-0.1, -0.05) is 24.6 Å². The lowest BCUT2D eigenvalue weighted by Crippen LogP contribution is -2.02. The zero-order chi connectivity index (χ0) is 13.1. The minimum Gasteiger partial charge on any atom is -0.388 e. The van der Waals surface area contributed by atoms with Crippen LogP contribution in [0.25, 0.3) is 0 Å². The Morgan fingerprint density at radius 2 is 2.28 bits per heavy atom. The molecule has 0 radical (unpaired) electrons. The van der Waals surface area contributed by atoms with Crippen molar-refractivity contribution < 1.29 is 9.50 Å². The summed E-state index contributed by atoms with van der Waals surface area (Å²) in [7, 11) is 0. The molecule has 96 valence electrons. The SMILES string of the molecule is CCC(O)c1cnn(Cc2ccc(Cl)cc2F)c1. The van der Waals surface area contributed by atoms with Gasteiger partial charge in [0.2, 0.25) is 0 Å². The van der Waals surface area contributed by atoms with E-state index in [1.54, 1.807) is 29.2 Å². The predicted molar refractivity (Wildman–Crippen MR) is 68.0 cm³/mol. The Bertz CT molecular complexity index is 542. The summed E-state index contributed by atoms with van der Waals surface area (Å²) < 4.78 is 15.2. The highest BCUT2D eigenvalue weighted by atomic mass is 35.5. The van der Waals surface area contributed by atoms with E-state index in [1.807, 2.05) is 6.92 Å². The van der Waals surface area contributed by atoms with Gasteiger partial charge in [-0.25, -0.2) is 4.39 Å². The first-order valence-corrected chi connectivity index (χ1v) is 6.12. The van der Waals surface area contributed by atoms with E-state index in [9.17, 15) is 9.50 Å². The van der Waals surface area contributed by atoms with Crippen LogP contribution in [0.4, 0.5) is 4.39 Å². The second-order valence-electron chi connectivity index (χ2n) is 4.13. The van der Waals surface area contributed by atoms with Crippen molar-refractivity contribution in [1.82, 2.24) is 9.78 Å². The van der Waals surface area contributed by atoms with Crippen LogP contribution < -0.4 is 0 Å². The topological polar surface area (TPSA) is 38.1 Å². The highest BCUT2D eigenvalue weighted by Crippen LogP contribution is 2.18. The van der Waals surface area contributed by atoms with Crippen LogP contribution >= 0.6 is 11.6 Å². The van der Waals surface area contributed by atoms with Crippen molar-refractivity contribution in [2.45, 2.75) is 26.0 Å². The Labute approximate surface area is 110 Å². The molecule has 0 aliphatic heterocycles. The molecule has 2 aromatic rings. The first-order chi connectivity index (χ1) is 8.60. The van der Waals surface area contributed by atoms with Crippen LogP contribution in [-0.2, 0) is 6.54 Å². The Morgan fingerprint density at radius 3 is 2.94 bits per heavy atom. The number of aliphatic hydroxyl groups is 1. The van der Waals surface area contributed by atoms with E-state index >= 15 is 0 Å². The van der Waals surface area contributed by atoms with E-state index < -0.39 is 6.10 Å². The van der Waals surface area contributed by atoms with Crippen molar-refractivity contribution in [3.63, 3.8) is 0 Å². The second kappa shape index (κ2) is 5.50. The third kappa shape index (κ3) is 2.89. The molecule has 0 fully saturated rings. The number of halogens is 2. The first kappa shape index (κ1) is 13.1. The number of aliphatic hydroxyl groups excluding tert-OH is 1. The molecule has 3 nitrogen and oxygen atoms in total. The summed E-state index contributed by atoms with van der Waals surface area (Å²) in [6.07, 6.45) is 3.43. The van der Waals surface area contributed by atoms with Gasteiger partial charge in [-0.2, -0.15) is 5.10 Å². The number of rotatable bonds is 4. The summed E-state index contributed by atoms with van der Waals surface area (Å²) in [4.78, 5) is 0. The van der Waals surface area contributed by atoms with E-state index in [-0.39, 0.29) is 5.82 Å². The zero-order valence-electron chi connectivity index (χ0n) is 9.98. The van der Waals surface area contributed by atoms with E-state index in [0.717, 1.165) is 5.56 Å². The third-order valence-electron chi connectivity index (χ3n) is 2.77. The third-order valence-corrected chi connectivity index (χ3v) is 3.01. The smallest absolute Gasteiger partial charge is 0.129 e. The largest absolute Gasteiger partial charge is 0.388 e. The summed E-state index contributed by atoms with van der Waals surface area (Å²) in [5.41, 5.74) is 1.26.